The molecule has 0 saturated heterocycles. The first-order chi connectivity index (χ1) is 8.77. The molecule has 18 heavy (non-hydrogen) atoms. The molecule has 0 radical (unpaired) electrons. The molecular formula is C15H10O2S. The zero-order valence-electron chi connectivity index (χ0n) is 9.50. The van der Waals surface area contributed by atoms with Crippen LogP contribution in [0.2, 0.25) is 0 Å². The lowest BCUT2D eigenvalue weighted by atomic mass is 10.1. The van der Waals surface area contributed by atoms with E-state index in [1.807, 2.05) is 30.3 Å². The number of fused-ring (bicyclic) bond motifs is 1. The van der Waals surface area contributed by atoms with Gasteiger partial charge < -0.3 is 0 Å². The molecule has 1 aliphatic rings. The second-order valence-electron chi connectivity index (χ2n) is 4.01. The van der Waals surface area contributed by atoms with Crippen molar-refractivity contribution in [1.82, 2.24) is 0 Å². The van der Waals surface area contributed by atoms with E-state index in [1.165, 1.54) is 0 Å². The number of Topliss-reactive ketones (excluding diaryl/α,β-unsaturated/α-hetero) is 1. The maximum atomic E-state index is 12.2. The number of benzene rings is 2. The van der Waals surface area contributed by atoms with E-state index in [0.29, 0.717) is 15.4 Å². The van der Waals surface area contributed by atoms with E-state index in [2.05, 4.69) is 0 Å². The van der Waals surface area contributed by atoms with Crippen molar-refractivity contribution in [3.05, 3.63) is 70.6 Å². The molecule has 0 fully saturated rings. The van der Waals surface area contributed by atoms with Gasteiger partial charge in [-0.05, 0) is 23.8 Å². The van der Waals surface area contributed by atoms with Gasteiger partial charge in [0.05, 0.1) is 20.6 Å². The molecule has 2 nitrogen and oxygen atoms in total. The maximum absolute atomic E-state index is 12.2. The molecule has 0 aromatic heterocycles. The zero-order chi connectivity index (χ0) is 12.5. The molecule has 0 saturated carbocycles. The third-order valence-electron chi connectivity index (χ3n) is 2.85. The van der Waals surface area contributed by atoms with E-state index in [4.69, 9.17) is 0 Å². The normalized spacial score (nSPS) is 20.1. The van der Waals surface area contributed by atoms with Crippen LogP contribution in [0.4, 0.5) is 0 Å². The molecule has 0 bridgehead atoms. The van der Waals surface area contributed by atoms with Crippen molar-refractivity contribution in [3.8, 4) is 0 Å². The molecule has 0 N–H and O–H groups in total. The number of ketones is 1. The van der Waals surface area contributed by atoms with Crippen molar-refractivity contribution in [1.29, 1.82) is 0 Å². The van der Waals surface area contributed by atoms with Crippen LogP contribution in [0.25, 0.3) is 6.08 Å². The molecule has 3 heteroatoms. The predicted molar refractivity (Wildman–Crippen MR) is 71.6 cm³/mol. The second kappa shape index (κ2) is 4.35. The van der Waals surface area contributed by atoms with Crippen LogP contribution in [0.5, 0.6) is 0 Å². The van der Waals surface area contributed by atoms with Gasteiger partial charge in [-0.15, -0.1) is 0 Å². The van der Waals surface area contributed by atoms with Crippen molar-refractivity contribution in [2.24, 2.45) is 0 Å². The monoisotopic (exact) mass is 254 g/mol. The van der Waals surface area contributed by atoms with E-state index < -0.39 is 10.8 Å². The summed E-state index contributed by atoms with van der Waals surface area (Å²) in [6, 6.07) is 16.5. The molecule has 0 spiro atoms. The Labute approximate surface area is 107 Å². The fourth-order valence-electron chi connectivity index (χ4n) is 1.97. The Morgan fingerprint density at radius 3 is 2.28 bits per heavy atom. The Morgan fingerprint density at radius 2 is 1.56 bits per heavy atom. The minimum absolute atomic E-state index is 0.132. The highest BCUT2D eigenvalue weighted by Crippen LogP contribution is 2.31. The molecule has 2 aromatic rings. The number of rotatable bonds is 1. The van der Waals surface area contributed by atoms with Gasteiger partial charge in [-0.3, -0.25) is 4.79 Å². The van der Waals surface area contributed by atoms with Crippen molar-refractivity contribution >= 4 is 22.7 Å². The van der Waals surface area contributed by atoms with E-state index in [9.17, 15) is 9.00 Å². The molecular weight excluding hydrogens is 244 g/mol. The lowest BCUT2D eigenvalue weighted by Gasteiger charge is -1.95. The molecule has 0 amide bonds. The maximum Gasteiger partial charge on any atom is 0.203 e. The van der Waals surface area contributed by atoms with Gasteiger partial charge in [0.1, 0.15) is 0 Å². The van der Waals surface area contributed by atoms with Crippen LogP contribution in [0, 0.1) is 0 Å². The fraction of sp³-hybridized carbons (Fsp3) is 0. The smallest absolute Gasteiger partial charge is 0.203 e. The van der Waals surface area contributed by atoms with Crippen LogP contribution in [0.15, 0.2) is 64.4 Å². The molecule has 1 heterocycles. The molecule has 3 rings (SSSR count). The van der Waals surface area contributed by atoms with E-state index in [0.717, 1.165) is 5.56 Å². The molecule has 2 aromatic carbocycles. The van der Waals surface area contributed by atoms with Crippen molar-refractivity contribution in [3.63, 3.8) is 0 Å². The molecule has 1 atom stereocenters. The van der Waals surface area contributed by atoms with Gasteiger partial charge in [-0.2, -0.15) is 0 Å². The largest absolute Gasteiger partial charge is 0.288 e. The average Bonchev–Trinajstić information content (AvgIpc) is 2.66. The van der Waals surface area contributed by atoms with Crippen LogP contribution in [0.1, 0.15) is 15.9 Å². The Hall–Kier alpha value is -2.00. The Morgan fingerprint density at radius 1 is 0.889 bits per heavy atom. The number of hydrogen-bond donors (Lipinski definition) is 0. The lowest BCUT2D eigenvalue weighted by Crippen LogP contribution is -1.96. The average molecular weight is 254 g/mol. The third kappa shape index (κ3) is 1.73. The summed E-state index contributed by atoms with van der Waals surface area (Å²) in [5.74, 6) is -0.132. The molecule has 0 unspecified atom stereocenters. The van der Waals surface area contributed by atoms with E-state index >= 15 is 0 Å². The van der Waals surface area contributed by atoms with Crippen molar-refractivity contribution in [2.45, 2.75) is 4.90 Å². The highest BCUT2D eigenvalue weighted by Gasteiger charge is 2.31. The van der Waals surface area contributed by atoms with Crippen LogP contribution in [-0.2, 0) is 10.8 Å². The molecule has 0 aliphatic carbocycles. The number of carbonyl (C=O) groups excluding carboxylic acids is 1. The summed E-state index contributed by atoms with van der Waals surface area (Å²) in [6.07, 6.45) is 1.71. The SMILES string of the molecule is O=C1/C(=C\c2ccccc2)[S@@](=O)c2ccccc21. The fourth-order valence-corrected chi connectivity index (χ4v) is 3.29. The number of carbonyl (C=O) groups is 1. The highest BCUT2D eigenvalue weighted by atomic mass is 32.2. The molecule has 1 aliphatic heterocycles. The standard InChI is InChI=1S/C15H10O2S/c16-15-12-8-4-5-9-13(12)18(17)14(15)10-11-6-2-1-3-7-11/h1-10H/b14-10+/t18-/m0/s1. The highest BCUT2D eigenvalue weighted by molar-refractivity contribution is 7.91. The first-order valence-corrected chi connectivity index (χ1v) is 6.74. The topological polar surface area (TPSA) is 34.1 Å². The van der Waals surface area contributed by atoms with Crippen molar-refractivity contribution < 1.29 is 9.00 Å². The van der Waals surface area contributed by atoms with Gasteiger partial charge in [-0.25, -0.2) is 4.21 Å². The number of allylic oxidation sites excluding steroid dienone is 1. The Balaban J connectivity index is 2.10. The summed E-state index contributed by atoms with van der Waals surface area (Å²) in [5, 5.41) is 0. The van der Waals surface area contributed by atoms with Gasteiger partial charge in [0.25, 0.3) is 0 Å². The summed E-state index contributed by atoms with van der Waals surface area (Å²) in [6.45, 7) is 0. The lowest BCUT2D eigenvalue weighted by molar-refractivity contribution is 0.104. The van der Waals surface area contributed by atoms with Crippen LogP contribution in [0.3, 0.4) is 0 Å². The first-order valence-electron chi connectivity index (χ1n) is 5.59. The number of hydrogen-bond acceptors (Lipinski definition) is 2. The summed E-state index contributed by atoms with van der Waals surface area (Å²) >= 11 is 0. The first kappa shape index (κ1) is 11.1. The van der Waals surface area contributed by atoms with Crippen LogP contribution in [-0.4, -0.2) is 9.99 Å². The van der Waals surface area contributed by atoms with Gasteiger partial charge >= 0.3 is 0 Å². The van der Waals surface area contributed by atoms with Gasteiger partial charge in [-0.1, -0.05) is 42.5 Å². The Bertz CT molecular complexity index is 635. The summed E-state index contributed by atoms with van der Waals surface area (Å²) in [4.78, 5) is 13.1. The minimum Gasteiger partial charge on any atom is -0.288 e. The quantitative estimate of drug-likeness (QED) is 0.733. The summed E-state index contributed by atoms with van der Waals surface area (Å²) < 4.78 is 12.2. The van der Waals surface area contributed by atoms with Crippen LogP contribution < -0.4 is 0 Å². The van der Waals surface area contributed by atoms with Gasteiger partial charge in [0, 0.05) is 5.56 Å². The Kier molecular flexibility index (Phi) is 2.68. The van der Waals surface area contributed by atoms with E-state index in [-0.39, 0.29) is 5.78 Å². The predicted octanol–water partition coefficient (Wildman–Crippen LogP) is 3.03. The molecule has 88 valence electrons. The van der Waals surface area contributed by atoms with Crippen LogP contribution >= 0.6 is 0 Å². The van der Waals surface area contributed by atoms with Crippen molar-refractivity contribution in [2.75, 3.05) is 0 Å². The van der Waals surface area contributed by atoms with E-state index in [1.54, 1.807) is 30.3 Å². The minimum atomic E-state index is -1.35. The zero-order valence-corrected chi connectivity index (χ0v) is 10.3. The third-order valence-corrected chi connectivity index (χ3v) is 4.31. The van der Waals surface area contributed by atoms with Gasteiger partial charge in [0.15, 0.2) is 0 Å². The summed E-state index contributed by atoms with van der Waals surface area (Å²) in [7, 11) is -1.35. The summed E-state index contributed by atoms with van der Waals surface area (Å²) in [5.41, 5.74) is 1.44. The van der Waals surface area contributed by atoms with Gasteiger partial charge in [0.2, 0.25) is 5.78 Å². The second-order valence-corrected chi connectivity index (χ2v) is 5.43.